The first kappa shape index (κ1) is 24.2. The van der Waals surface area contributed by atoms with Gasteiger partial charge in [-0.15, -0.1) is 0 Å². The number of H-pyrrole nitrogens is 1. The molecule has 9 nitrogen and oxygen atoms in total. The number of rotatable bonds is 7. The molecular formula is C27H25FN6O3. The summed E-state index contributed by atoms with van der Waals surface area (Å²) >= 11 is 0. The van der Waals surface area contributed by atoms with Crippen LogP contribution < -0.4 is 4.74 Å². The van der Waals surface area contributed by atoms with Gasteiger partial charge >= 0.3 is 0 Å². The second kappa shape index (κ2) is 9.53. The van der Waals surface area contributed by atoms with Gasteiger partial charge in [0.1, 0.15) is 17.3 Å². The monoisotopic (exact) mass is 500 g/mol. The van der Waals surface area contributed by atoms with Crippen molar-refractivity contribution in [2.24, 2.45) is 0 Å². The third-order valence-electron chi connectivity index (χ3n) is 5.92. The Hall–Kier alpha value is -4.47. The minimum absolute atomic E-state index is 0.0540. The van der Waals surface area contributed by atoms with E-state index < -0.39 is 5.82 Å². The number of aryl methyl sites for hydroxylation is 1. The molecular weight excluding hydrogens is 475 g/mol. The number of methoxy groups -OCH3 is 1. The topological polar surface area (TPSA) is 120 Å². The first-order valence-corrected chi connectivity index (χ1v) is 11.7. The Labute approximate surface area is 212 Å². The zero-order valence-electron chi connectivity index (χ0n) is 20.9. The van der Waals surface area contributed by atoms with Gasteiger partial charge in [0.2, 0.25) is 5.78 Å². The molecule has 10 heteroatoms. The number of ketones is 1. The van der Waals surface area contributed by atoms with Crippen molar-refractivity contribution in [3.63, 3.8) is 0 Å². The molecule has 0 spiro atoms. The Balaban J connectivity index is 1.37. The van der Waals surface area contributed by atoms with Crippen LogP contribution in [0.3, 0.4) is 0 Å². The number of Topliss-reactive ketones (excluding diaryl/α,β-unsaturated/α-hetero) is 1. The molecule has 0 radical (unpaired) electrons. The molecule has 37 heavy (non-hydrogen) atoms. The molecule has 4 aromatic heterocycles. The van der Waals surface area contributed by atoms with Crippen LogP contribution >= 0.6 is 0 Å². The summed E-state index contributed by atoms with van der Waals surface area (Å²) in [5.41, 5.74) is 3.24. The SMILES string of the molecule is COc1ccnc(-c2nc3nccc(-c4ccc(CCC(=O)c5nc(C(C)(C)C)no5)c(F)c4)c3[nH]2)c1. The van der Waals surface area contributed by atoms with Crippen molar-refractivity contribution in [3.05, 3.63) is 71.9 Å². The van der Waals surface area contributed by atoms with Gasteiger partial charge in [-0.25, -0.2) is 14.4 Å². The number of nitrogens with one attached hydrogen (secondary N) is 1. The number of aromatic amines is 1. The number of imidazole rings is 1. The number of hydrogen-bond donors (Lipinski definition) is 1. The van der Waals surface area contributed by atoms with Crippen LogP contribution in [0, 0.1) is 5.82 Å². The maximum Gasteiger partial charge on any atom is 0.294 e. The highest BCUT2D eigenvalue weighted by molar-refractivity contribution is 5.92. The number of benzene rings is 1. The smallest absolute Gasteiger partial charge is 0.294 e. The number of pyridine rings is 2. The lowest BCUT2D eigenvalue weighted by molar-refractivity contribution is 0.0940. The molecule has 0 bridgehead atoms. The second-order valence-corrected chi connectivity index (χ2v) is 9.63. The number of fused-ring (bicyclic) bond motifs is 1. The lowest BCUT2D eigenvalue weighted by atomic mass is 9.96. The molecule has 0 saturated carbocycles. The lowest BCUT2D eigenvalue weighted by Crippen LogP contribution is -2.13. The fraction of sp³-hybridized carbons (Fsp3) is 0.259. The van der Waals surface area contributed by atoms with Crippen molar-refractivity contribution < 1.29 is 18.4 Å². The minimum atomic E-state index is -0.412. The van der Waals surface area contributed by atoms with E-state index in [1.165, 1.54) is 6.07 Å². The van der Waals surface area contributed by atoms with E-state index in [1.54, 1.807) is 43.8 Å². The fourth-order valence-corrected chi connectivity index (χ4v) is 3.85. The summed E-state index contributed by atoms with van der Waals surface area (Å²) in [6, 6.07) is 10.3. The van der Waals surface area contributed by atoms with Gasteiger partial charge < -0.3 is 14.2 Å². The zero-order chi connectivity index (χ0) is 26.2. The van der Waals surface area contributed by atoms with Gasteiger partial charge in [-0.05, 0) is 35.7 Å². The molecule has 188 valence electrons. The quantitative estimate of drug-likeness (QED) is 0.298. The van der Waals surface area contributed by atoms with Crippen molar-refractivity contribution in [1.29, 1.82) is 0 Å². The normalized spacial score (nSPS) is 11.7. The third kappa shape index (κ3) is 4.95. The van der Waals surface area contributed by atoms with Crippen molar-refractivity contribution in [3.8, 4) is 28.4 Å². The van der Waals surface area contributed by atoms with Crippen LogP contribution in [-0.2, 0) is 11.8 Å². The summed E-state index contributed by atoms with van der Waals surface area (Å²) in [7, 11) is 1.58. The van der Waals surface area contributed by atoms with Crippen LogP contribution in [0.15, 0.2) is 53.3 Å². The summed E-state index contributed by atoms with van der Waals surface area (Å²) in [5.74, 6) is 0.855. The number of halogens is 1. The molecule has 0 aliphatic carbocycles. The lowest BCUT2D eigenvalue weighted by Gasteiger charge is -2.10. The van der Waals surface area contributed by atoms with Crippen LogP contribution in [0.5, 0.6) is 5.75 Å². The minimum Gasteiger partial charge on any atom is -0.497 e. The van der Waals surface area contributed by atoms with E-state index in [9.17, 15) is 4.79 Å². The Morgan fingerprint density at radius 3 is 2.62 bits per heavy atom. The highest BCUT2D eigenvalue weighted by Gasteiger charge is 2.24. The maximum absolute atomic E-state index is 15.1. The third-order valence-corrected chi connectivity index (χ3v) is 5.92. The summed E-state index contributed by atoms with van der Waals surface area (Å²) in [6.45, 7) is 5.79. The first-order valence-electron chi connectivity index (χ1n) is 11.7. The van der Waals surface area contributed by atoms with Crippen molar-refractivity contribution in [1.82, 2.24) is 30.1 Å². The number of nitrogens with zero attached hydrogens (tertiary/aromatic N) is 5. The first-order chi connectivity index (χ1) is 17.7. The second-order valence-electron chi connectivity index (χ2n) is 9.63. The molecule has 0 saturated heterocycles. The number of carbonyl (C=O) groups is 1. The molecule has 5 aromatic rings. The molecule has 0 aliphatic rings. The molecule has 5 rings (SSSR count). The number of aromatic nitrogens is 6. The standard InChI is InChI=1S/C27H25FN6O3/c1-27(2,3)26-33-25(37-34-26)21(35)8-7-15-5-6-16(13-19(15)28)18-10-12-30-24-22(18)31-23(32-24)20-14-17(36-4)9-11-29-20/h5-6,9-14H,7-8H2,1-4H3,(H,30,31,32). The summed E-state index contributed by atoms with van der Waals surface area (Å²) < 4.78 is 25.4. The molecule has 1 N–H and O–H groups in total. The maximum atomic E-state index is 15.1. The van der Waals surface area contributed by atoms with Crippen LogP contribution in [0.25, 0.3) is 33.8 Å². The van der Waals surface area contributed by atoms with Gasteiger partial charge in [0.05, 0.1) is 12.6 Å². The average Bonchev–Trinajstić information content (AvgIpc) is 3.56. The van der Waals surface area contributed by atoms with Crippen LogP contribution in [0.1, 0.15) is 49.3 Å². The van der Waals surface area contributed by atoms with Gasteiger partial charge in [0.25, 0.3) is 5.89 Å². The average molecular weight is 501 g/mol. The largest absolute Gasteiger partial charge is 0.497 e. The van der Waals surface area contributed by atoms with E-state index in [-0.39, 0.29) is 29.9 Å². The highest BCUT2D eigenvalue weighted by atomic mass is 19.1. The van der Waals surface area contributed by atoms with Crippen LogP contribution in [0.4, 0.5) is 4.39 Å². The van der Waals surface area contributed by atoms with E-state index in [2.05, 4.69) is 30.1 Å². The highest BCUT2D eigenvalue weighted by Crippen LogP contribution is 2.30. The number of carbonyl (C=O) groups excluding carboxylic acids is 1. The van der Waals surface area contributed by atoms with Gasteiger partial charge in [-0.3, -0.25) is 9.78 Å². The summed E-state index contributed by atoms with van der Waals surface area (Å²) in [4.78, 5) is 33.2. The van der Waals surface area contributed by atoms with Crippen LogP contribution in [-0.4, -0.2) is 43.0 Å². The Morgan fingerprint density at radius 2 is 1.89 bits per heavy atom. The van der Waals surface area contributed by atoms with Gasteiger partial charge in [-0.1, -0.05) is 38.1 Å². The van der Waals surface area contributed by atoms with Crippen LogP contribution in [0.2, 0.25) is 0 Å². The van der Waals surface area contributed by atoms with E-state index >= 15 is 4.39 Å². The predicted molar refractivity (Wildman–Crippen MR) is 135 cm³/mol. The molecule has 0 amide bonds. The molecule has 1 aromatic carbocycles. The Kier molecular flexibility index (Phi) is 6.24. The van der Waals surface area contributed by atoms with Crippen molar-refractivity contribution >= 4 is 16.9 Å². The molecule has 0 atom stereocenters. The molecule has 0 aliphatic heterocycles. The van der Waals surface area contributed by atoms with E-state index in [0.29, 0.717) is 45.4 Å². The van der Waals surface area contributed by atoms with Crippen molar-refractivity contribution in [2.75, 3.05) is 7.11 Å². The van der Waals surface area contributed by atoms with Crippen molar-refractivity contribution in [2.45, 2.75) is 39.0 Å². The summed E-state index contributed by atoms with van der Waals surface area (Å²) in [6.07, 6.45) is 3.52. The molecule has 0 unspecified atom stereocenters. The predicted octanol–water partition coefficient (Wildman–Crippen LogP) is 5.33. The molecule has 0 fully saturated rings. The van der Waals surface area contributed by atoms with E-state index in [0.717, 1.165) is 5.56 Å². The van der Waals surface area contributed by atoms with Gasteiger partial charge in [0.15, 0.2) is 17.3 Å². The van der Waals surface area contributed by atoms with Gasteiger partial charge in [-0.2, -0.15) is 4.98 Å². The summed E-state index contributed by atoms with van der Waals surface area (Å²) in [5, 5.41) is 3.88. The Morgan fingerprint density at radius 1 is 1.08 bits per heavy atom. The number of hydrogen-bond acceptors (Lipinski definition) is 8. The van der Waals surface area contributed by atoms with E-state index in [4.69, 9.17) is 9.26 Å². The van der Waals surface area contributed by atoms with Gasteiger partial charge in [0, 0.05) is 35.9 Å². The zero-order valence-corrected chi connectivity index (χ0v) is 20.9. The molecule has 4 heterocycles. The number of ether oxygens (including phenoxy) is 1. The Bertz CT molecular complexity index is 1600. The van der Waals surface area contributed by atoms with E-state index in [1.807, 2.05) is 26.8 Å². The fourth-order valence-electron chi connectivity index (χ4n) is 3.85.